The zero-order valence-electron chi connectivity index (χ0n) is 12.6. The fraction of sp³-hybridized carbons (Fsp3) is 0.500. The highest BCUT2D eigenvalue weighted by Crippen LogP contribution is 2.27. The molecule has 0 spiro atoms. The molecule has 22 heavy (non-hydrogen) atoms. The third kappa shape index (κ3) is 4.13. The lowest BCUT2D eigenvalue weighted by molar-refractivity contribution is 0.130. The molecule has 1 aromatic carbocycles. The van der Waals surface area contributed by atoms with Crippen molar-refractivity contribution in [1.82, 2.24) is 5.32 Å². The van der Waals surface area contributed by atoms with Crippen molar-refractivity contribution in [2.75, 3.05) is 0 Å². The molecular weight excluding hydrogens is 282 g/mol. The van der Waals surface area contributed by atoms with E-state index in [0.717, 1.165) is 31.2 Å². The van der Waals surface area contributed by atoms with Gasteiger partial charge in [0.2, 0.25) is 0 Å². The molecule has 0 aromatic heterocycles. The Labute approximate surface area is 130 Å². The maximum Gasteiger partial charge on any atom is 0.408 e. The van der Waals surface area contributed by atoms with Crippen molar-refractivity contribution in [3.05, 3.63) is 35.9 Å². The maximum absolute atomic E-state index is 12.1. The molecule has 2 rings (SSSR count). The summed E-state index contributed by atoms with van der Waals surface area (Å²) < 4.78 is 5.25. The summed E-state index contributed by atoms with van der Waals surface area (Å²) in [6, 6.07) is 9.46. The fourth-order valence-corrected chi connectivity index (χ4v) is 2.83. The average molecular weight is 305 g/mol. The number of hydrogen-bond donors (Lipinski definition) is 3. The molecule has 1 amide bonds. The Morgan fingerprint density at radius 2 is 1.86 bits per heavy atom. The summed E-state index contributed by atoms with van der Waals surface area (Å²) in [6.45, 7) is 0.193. The number of benzene rings is 1. The molecule has 4 N–H and O–H groups in total. The van der Waals surface area contributed by atoms with Gasteiger partial charge >= 0.3 is 6.09 Å². The van der Waals surface area contributed by atoms with Crippen molar-refractivity contribution < 1.29 is 14.7 Å². The van der Waals surface area contributed by atoms with Gasteiger partial charge in [0, 0.05) is 0 Å². The van der Waals surface area contributed by atoms with E-state index in [9.17, 15) is 4.79 Å². The zero-order chi connectivity index (χ0) is 15.8. The largest absolute Gasteiger partial charge is 0.445 e. The predicted octanol–water partition coefficient (Wildman–Crippen LogP) is 2.75. The Balaban J connectivity index is 1.99. The minimum absolute atomic E-state index is 0.0473. The van der Waals surface area contributed by atoms with Crippen LogP contribution in [0.5, 0.6) is 0 Å². The number of oxime groups is 1. The lowest BCUT2D eigenvalue weighted by Crippen LogP contribution is -2.57. The minimum atomic E-state index is -0.807. The summed E-state index contributed by atoms with van der Waals surface area (Å²) >= 11 is 0. The number of amidine groups is 1. The van der Waals surface area contributed by atoms with E-state index in [1.807, 2.05) is 30.3 Å². The molecule has 0 heterocycles. The normalized spacial score (nSPS) is 18.3. The van der Waals surface area contributed by atoms with Gasteiger partial charge in [-0.05, 0) is 18.4 Å². The summed E-state index contributed by atoms with van der Waals surface area (Å²) in [7, 11) is 0. The first-order valence-corrected chi connectivity index (χ1v) is 7.63. The molecule has 0 atom stereocenters. The van der Waals surface area contributed by atoms with Crippen LogP contribution in [0.15, 0.2) is 35.5 Å². The number of carbonyl (C=O) groups excluding carboxylic acids is 1. The summed E-state index contributed by atoms with van der Waals surface area (Å²) in [6.07, 6.45) is 4.79. The molecule has 0 radical (unpaired) electrons. The lowest BCUT2D eigenvalue weighted by Gasteiger charge is -2.31. The maximum atomic E-state index is 12.1. The van der Waals surface area contributed by atoms with Crippen molar-refractivity contribution in [3.63, 3.8) is 0 Å². The zero-order valence-corrected chi connectivity index (χ0v) is 12.6. The standard InChI is InChI=1S/C16H23N3O3/c17-14(19-21)16(10-6-1-2-7-11-16)18-15(20)22-12-13-8-4-3-5-9-13/h3-5,8-9,21H,1-2,6-7,10-12H2,(H2,17,19)(H,18,20). The molecule has 1 fully saturated rings. The van der Waals surface area contributed by atoms with Crippen LogP contribution in [-0.4, -0.2) is 22.7 Å². The van der Waals surface area contributed by atoms with Gasteiger partial charge in [0.25, 0.3) is 0 Å². The number of rotatable bonds is 4. The molecule has 1 aliphatic rings. The van der Waals surface area contributed by atoms with E-state index in [4.69, 9.17) is 15.7 Å². The molecule has 1 aliphatic carbocycles. The number of carbonyl (C=O) groups is 1. The lowest BCUT2D eigenvalue weighted by atomic mass is 9.89. The quantitative estimate of drug-likeness (QED) is 0.262. The molecule has 1 saturated carbocycles. The molecule has 1 aromatic rings. The highest BCUT2D eigenvalue weighted by molar-refractivity contribution is 5.92. The third-order valence-corrected chi connectivity index (χ3v) is 4.11. The highest BCUT2D eigenvalue weighted by atomic mass is 16.5. The van der Waals surface area contributed by atoms with Crippen LogP contribution >= 0.6 is 0 Å². The van der Waals surface area contributed by atoms with Crippen LogP contribution in [0.1, 0.15) is 44.1 Å². The van der Waals surface area contributed by atoms with Crippen LogP contribution in [0.4, 0.5) is 4.79 Å². The molecule has 6 heteroatoms. The Morgan fingerprint density at radius 3 is 2.45 bits per heavy atom. The number of nitrogens with zero attached hydrogens (tertiary/aromatic N) is 1. The summed E-state index contributed by atoms with van der Waals surface area (Å²) in [5.74, 6) is 0.0473. The first kappa shape index (κ1) is 16.1. The van der Waals surface area contributed by atoms with Crippen LogP contribution in [0, 0.1) is 0 Å². The van der Waals surface area contributed by atoms with E-state index in [1.165, 1.54) is 0 Å². The van der Waals surface area contributed by atoms with Gasteiger partial charge < -0.3 is 21.0 Å². The average Bonchev–Trinajstić information content (AvgIpc) is 2.79. The Morgan fingerprint density at radius 1 is 1.23 bits per heavy atom. The van der Waals surface area contributed by atoms with Gasteiger partial charge in [0.1, 0.15) is 12.1 Å². The summed E-state index contributed by atoms with van der Waals surface area (Å²) in [5, 5.41) is 15.0. The molecule has 120 valence electrons. The molecular formula is C16H23N3O3. The second-order valence-corrected chi connectivity index (χ2v) is 5.67. The van der Waals surface area contributed by atoms with Crippen LogP contribution < -0.4 is 11.1 Å². The van der Waals surface area contributed by atoms with E-state index in [2.05, 4.69) is 10.5 Å². The van der Waals surface area contributed by atoms with Gasteiger partial charge in [-0.2, -0.15) is 0 Å². The fourth-order valence-electron chi connectivity index (χ4n) is 2.83. The van der Waals surface area contributed by atoms with Crippen LogP contribution in [-0.2, 0) is 11.3 Å². The number of nitrogens with one attached hydrogen (secondary N) is 1. The monoisotopic (exact) mass is 305 g/mol. The van der Waals surface area contributed by atoms with Crippen molar-refractivity contribution in [1.29, 1.82) is 0 Å². The van der Waals surface area contributed by atoms with E-state index in [1.54, 1.807) is 0 Å². The van der Waals surface area contributed by atoms with Gasteiger partial charge in [-0.1, -0.05) is 61.2 Å². The molecule has 0 bridgehead atoms. The van der Waals surface area contributed by atoms with E-state index in [-0.39, 0.29) is 12.4 Å². The first-order valence-electron chi connectivity index (χ1n) is 7.63. The molecule has 0 unspecified atom stereocenters. The van der Waals surface area contributed by atoms with Gasteiger partial charge in [0.15, 0.2) is 5.84 Å². The highest BCUT2D eigenvalue weighted by Gasteiger charge is 2.37. The number of hydrogen-bond acceptors (Lipinski definition) is 4. The minimum Gasteiger partial charge on any atom is -0.445 e. The Kier molecular flexibility index (Phi) is 5.63. The van der Waals surface area contributed by atoms with E-state index >= 15 is 0 Å². The van der Waals surface area contributed by atoms with E-state index < -0.39 is 11.6 Å². The second kappa shape index (κ2) is 7.68. The Bertz CT molecular complexity index is 509. The van der Waals surface area contributed by atoms with Gasteiger partial charge in [0.05, 0.1) is 0 Å². The predicted molar refractivity (Wildman–Crippen MR) is 83.6 cm³/mol. The van der Waals surface area contributed by atoms with Crippen LogP contribution in [0.2, 0.25) is 0 Å². The number of alkyl carbamates (subject to hydrolysis) is 1. The number of ether oxygens (including phenoxy) is 1. The summed E-state index contributed by atoms with van der Waals surface area (Å²) in [4.78, 5) is 12.1. The van der Waals surface area contributed by atoms with Crippen molar-refractivity contribution >= 4 is 11.9 Å². The topological polar surface area (TPSA) is 96.9 Å². The second-order valence-electron chi connectivity index (χ2n) is 5.67. The number of amides is 1. The summed E-state index contributed by atoms with van der Waals surface area (Å²) in [5.41, 5.74) is 5.94. The third-order valence-electron chi connectivity index (χ3n) is 4.11. The van der Waals surface area contributed by atoms with E-state index in [0.29, 0.717) is 12.8 Å². The smallest absolute Gasteiger partial charge is 0.408 e. The first-order chi connectivity index (χ1) is 10.7. The molecule has 6 nitrogen and oxygen atoms in total. The van der Waals surface area contributed by atoms with Gasteiger partial charge in [-0.3, -0.25) is 0 Å². The SMILES string of the molecule is NC(=NO)C1(NC(=O)OCc2ccccc2)CCCCCC1. The van der Waals surface area contributed by atoms with Crippen LogP contribution in [0.3, 0.4) is 0 Å². The van der Waals surface area contributed by atoms with Gasteiger partial charge in [-0.15, -0.1) is 0 Å². The van der Waals surface area contributed by atoms with Crippen molar-refractivity contribution in [3.8, 4) is 0 Å². The molecule has 0 saturated heterocycles. The molecule has 0 aliphatic heterocycles. The van der Waals surface area contributed by atoms with Crippen LogP contribution in [0.25, 0.3) is 0 Å². The Hall–Kier alpha value is -2.24. The van der Waals surface area contributed by atoms with Crippen molar-refractivity contribution in [2.24, 2.45) is 10.9 Å². The van der Waals surface area contributed by atoms with Gasteiger partial charge in [-0.25, -0.2) is 4.79 Å². The number of nitrogens with two attached hydrogens (primary N) is 1. The van der Waals surface area contributed by atoms with Crippen molar-refractivity contribution in [2.45, 2.75) is 50.7 Å².